The van der Waals surface area contributed by atoms with Gasteiger partial charge in [0, 0.05) is 26.1 Å². The molecule has 0 saturated heterocycles. The Kier molecular flexibility index (Phi) is 15.5. The zero-order valence-corrected chi connectivity index (χ0v) is 14.9. The lowest BCUT2D eigenvalue weighted by Gasteiger charge is -2.09. The van der Waals surface area contributed by atoms with Crippen molar-refractivity contribution in [2.45, 2.75) is 18.9 Å². The third kappa shape index (κ3) is 15.7. The number of nitrogens with two attached hydrogens (primary N) is 2. The van der Waals surface area contributed by atoms with Gasteiger partial charge in [-0.15, -0.1) is 0 Å². The van der Waals surface area contributed by atoms with E-state index in [9.17, 15) is 14.4 Å². The first-order chi connectivity index (χ1) is 12.5. The van der Waals surface area contributed by atoms with Gasteiger partial charge in [0.2, 0.25) is 11.8 Å². The molecule has 26 heavy (non-hydrogen) atoms. The van der Waals surface area contributed by atoms with Gasteiger partial charge in [0.25, 0.3) is 0 Å². The van der Waals surface area contributed by atoms with Crippen LogP contribution in [0.15, 0.2) is 0 Å². The molecule has 0 aromatic carbocycles. The molecule has 0 aliphatic rings. The number of nitrogens with one attached hydrogen (secondary N) is 2. The van der Waals surface area contributed by atoms with E-state index in [2.05, 4.69) is 10.6 Å². The number of hydrogen-bond donors (Lipinski definition) is 5. The van der Waals surface area contributed by atoms with Crippen LogP contribution in [-0.4, -0.2) is 88.2 Å². The van der Waals surface area contributed by atoms with Crippen molar-refractivity contribution in [2.75, 3.05) is 59.3 Å². The summed E-state index contributed by atoms with van der Waals surface area (Å²) in [5.74, 6) is -1.66. The van der Waals surface area contributed by atoms with Gasteiger partial charge in [-0.3, -0.25) is 14.4 Å². The molecular formula is C15H30N4O7. The summed E-state index contributed by atoms with van der Waals surface area (Å²) in [5.41, 5.74) is 10.6. The molecule has 0 bridgehead atoms. The second-order valence-corrected chi connectivity index (χ2v) is 5.25. The van der Waals surface area contributed by atoms with Crippen LogP contribution in [0.1, 0.15) is 12.8 Å². The fraction of sp³-hybridized carbons (Fsp3) is 0.800. The molecule has 1 atom stereocenters. The first kappa shape index (κ1) is 24.2. The molecule has 1 unspecified atom stereocenters. The molecule has 0 rings (SSSR count). The number of ether oxygens (including phenoxy) is 3. The van der Waals surface area contributed by atoms with Gasteiger partial charge < -0.3 is 41.4 Å². The van der Waals surface area contributed by atoms with E-state index in [0.29, 0.717) is 32.8 Å². The Bertz CT molecular complexity index is 409. The van der Waals surface area contributed by atoms with Crippen molar-refractivity contribution in [1.29, 1.82) is 0 Å². The molecule has 0 aliphatic heterocycles. The summed E-state index contributed by atoms with van der Waals surface area (Å²) in [7, 11) is 0. The van der Waals surface area contributed by atoms with Gasteiger partial charge in [0.15, 0.2) is 0 Å². The molecule has 2 amide bonds. The van der Waals surface area contributed by atoms with Gasteiger partial charge in [0.05, 0.1) is 33.0 Å². The normalized spacial score (nSPS) is 11.8. The van der Waals surface area contributed by atoms with Crippen LogP contribution in [0.3, 0.4) is 0 Å². The predicted molar refractivity (Wildman–Crippen MR) is 92.4 cm³/mol. The van der Waals surface area contributed by atoms with E-state index < -0.39 is 12.0 Å². The maximum Gasteiger partial charge on any atom is 0.320 e. The molecule has 0 aromatic rings. The van der Waals surface area contributed by atoms with Gasteiger partial charge >= 0.3 is 5.97 Å². The van der Waals surface area contributed by atoms with E-state index in [0.717, 1.165) is 0 Å². The second kappa shape index (κ2) is 16.7. The van der Waals surface area contributed by atoms with Gasteiger partial charge in [0.1, 0.15) is 12.6 Å². The highest BCUT2D eigenvalue weighted by Gasteiger charge is 2.12. The Morgan fingerprint density at radius 2 is 1.46 bits per heavy atom. The molecule has 11 nitrogen and oxygen atoms in total. The van der Waals surface area contributed by atoms with Crippen LogP contribution in [-0.2, 0) is 28.6 Å². The van der Waals surface area contributed by atoms with E-state index in [1.165, 1.54) is 0 Å². The van der Waals surface area contributed by atoms with Gasteiger partial charge in [-0.05, 0) is 6.42 Å². The molecule has 0 aromatic heterocycles. The highest BCUT2D eigenvalue weighted by molar-refractivity contribution is 5.78. The average molecular weight is 378 g/mol. The van der Waals surface area contributed by atoms with Crippen molar-refractivity contribution < 1.29 is 33.7 Å². The topological polar surface area (TPSA) is 175 Å². The molecule has 0 saturated carbocycles. The lowest BCUT2D eigenvalue weighted by Crippen LogP contribution is -2.33. The molecule has 0 aliphatic carbocycles. The van der Waals surface area contributed by atoms with Crippen LogP contribution < -0.4 is 22.1 Å². The minimum Gasteiger partial charge on any atom is -0.480 e. The van der Waals surface area contributed by atoms with E-state index in [1.54, 1.807) is 0 Å². The molecule has 0 spiro atoms. The summed E-state index contributed by atoms with van der Waals surface area (Å²) in [5, 5.41) is 13.8. The second-order valence-electron chi connectivity index (χ2n) is 5.25. The molecule has 0 fully saturated rings. The van der Waals surface area contributed by atoms with Crippen LogP contribution >= 0.6 is 0 Å². The van der Waals surface area contributed by atoms with Gasteiger partial charge in [-0.1, -0.05) is 0 Å². The maximum atomic E-state index is 11.4. The molecule has 0 radical (unpaired) electrons. The third-order valence-electron chi connectivity index (χ3n) is 3.00. The van der Waals surface area contributed by atoms with Crippen molar-refractivity contribution >= 4 is 17.8 Å². The van der Waals surface area contributed by atoms with Crippen LogP contribution in [0.2, 0.25) is 0 Å². The smallest absolute Gasteiger partial charge is 0.320 e. The summed E-state index contributed by atoms with van der Waals surface area (Å²) in [6, 6.07) is -1.04. The Labute approximate surface area is 152 Å². The minimum atomic E-state index is -1.13. The fourth-order valence-electron chi connectivity index (χ4n) is 1.64. The minimum absolute atomic E-state index is 0.0446. The summed E-state index contributed by atoms with van der Waals surface area (Å²) < 4.78 is 15.5. The van der Waals surface area contributed by atoms with Crippen molar-refractivity contribution in [3.63, 3.8) is 0 Å². The third-order valence-corrected chi connectivity index (χ3v) is 3.00. The fourth-order valence-corrected chi connectivity index (χ4v) is 1.64. The Morgan fingerprint density at radius 1 is 0.885 bits per heavy atom. The van der Waals surface area contributed by atoms with E-state index in [-0.39, 0.29) is 51.1 Å². The molecule has 11 heteroatoms. The summed E-state index contributed by atoms with van der Waals surface area (Å²) in [4.78, 5) is 33.3. The summed E-state index contributed by atoms with van der Waals surface area (Å²) >= 11 is 0. The number of carboxylic acid groups (broad SMARTS) is 1. The van der Waals surface area contributed by atoms with Gasteiger partial charge in [-0.2, -0.15) is 0 Å². The zero-order valence-electron chi connectivity index (χ0n) is 14.9. The van der Waals surface area contributed by atoms with Crippen molar-refractivity contribution in [1.82, 2.24) is 10.6 Å². The van der Waals surface area contributed by atoms with Gasteiger partial charge in [-0.25, -0.2) is 0 Å². The quantitative estimate of drug-likeness (QED) is 0.170. The van der Waals surface area contributed by atoms with Crippen LogP contribution in [0.4, 0.5) is 0 Å². The largest absolute Gasteiger partial charge is 0.480 e. The molecule has 152 valence electrons. The standard InChI is InChI=1S/C15H30N4O7/c16-3-6-24-7-5-19-14(21)11-26-10-9-25-8-4-18-13(20)2-1-12(17)15(22)23/h12H,1-11,16-17H2,(H,18,20)(H,19,21)(H,22,23). The highest BCUT2D eigenvalue weighted by atomic mass is 16.5. The number of rotatable bonds is 17. The molecule has 7 N–H and O–H groups in total. The Balaban J connectivity index is 3.36. The zero-order chi connectivity index (χ0) is 19.6. The number of carboxylic acids is 1. The van der Waals surface area contributed by atoms with E-state index in [1.807, 2.05) is 0 Å². The van der Waals surface area contributed by atoms with Crippen LogP contribution in [0, 0.1) is 0 Å². The number of aliphatic carboxylic acids is 1. The van der Waals surface area contributed by atoms with E-state index in [4.69, 9.17) is 30.8 Å². The monoisotopic (exact) mass is 378 g/mol. The first-order valence-electron chi connectivity index (χ1n) is 8.42. The van der Waals surface area contributed by atoms with Crippen LogP contribution in [0.5, 0.6) is 0 Å². The lowest BCUT2D eigenvalue weighted by molar-refractivity contribution is -0.138. The van der Waals surface area contributed by atoms with Crippen molar-refractivity contribution in [3.05, 3.63) is 0 Å². The SMILES string of the molecule is NCCOCCNC(=O)COCCOCCNC(=O)CCC(N)C(=O)O. The summed E-state index contributed by atoms with van der Waals surface area (Å²) in [6.07, 6.45) is 0.125. The number of carbonyl (C=O) groups excluding carboxylic acids is 2. The summed E-state index contributed by atoms with van der Waals surface area (Å²) in [6.45, 7) is 2.75. The predicted octanol–water partition coefficient (Wildman–Crippen LogP) is -2.58. The average Bonchev–Trinajstić information content (AvgIpc) is 2.61. The molecule has 0 heterocycles. The van der Waals surface area contributed by atoms with Crippen molar-refractivity contribution in [3.8, 4) is 0 Å². The Morgan fingerprint density at radius 3 is 2.08 bits per heavy atom. The highest BCUT2D eigenvalue weighted by Crippen LogP contribution is 1.94. The maximum absolute atomic E-state index is 11.4. The lowest BCUT2D eigenvalue weighted by atomic mass is 10.1. The number of hydrogen-bond acceptors (Lipinski definition) is 8. The van der Waals surface area contributed by atoms with E-state index >= 15 is 0 Å². The molecular weight excluding hydrogens is 348 g/mol. The number of amides is 2. The van der Waals surface area contributed by atoms with Crippen molar-refractivity contribution in [2.24, 2.45) is 11.5 Å². The first-order valence-corrected chi connectivity index (χ1v) is 8.42. The Hall–Kier alpha value is -1.79. The van der Waals surface area contributed by atoms with Crippen LogP contribution in [0.25, 0.3) is 0 Å². The number of carbonyl (C=O) groups is 3.